The molecular weight excluding hydrogens is 492 g/mol. The summed E-state index contributed by atoms with van der Waals surface area (Å²) in [6, 6.07) is -5.64. The molecule has 0 spiro atoms. The number of aliphatic hydroxyl groups excluding tert-OH is 1. The molecule has 1 rings (SSSR count). The van der Waals surface area contributed by atoms with Crippen molar-refractivity contribution < 1.29 is 34.2 Å². The number of hydrogen-bond acceptors (Lipinski definition) is 9. The average Bonchev–Trinajstić information content (AvgIpc) is 3.31. The quantitative estimate of drug-likeness (QED) is 0.0553. The minimum Gasteiger partial charge on any atom is -0.480 e. The number of carboxylic acids is 1. The predicted molar refractivity (Wildman–Crippen MR) is 129 cm³/mol. The van der Waals surface area contributed by atoms with Crippen LogP contribution in [0.5, 0.6) is 0 Å². The first kappa shape index (κ1) is 30.8. The Labute approximate surface area is 211 Å². The Bertz CT molecular complexity index is 963. The van der Waals surface area contributed by atoms with Crippen molar-refractivity contribution in [2.45, 2.75) is 62.9 Å². The maximum absolute atomic E-state index is 12.8. The maximum Gasteiger partial charge on any atom is 0.326 e. The van der Waals surface area contributed by atoms with E-state index in [1.54, 1.807) is 0 Å². The van der Waals surface area contributed by atoms with Crippen LogP contribution in [0.1, 0.15) is 31.9 Å². The smallest absolute Gasteiger partial charge is 0.326 e. The number of nitrogens with zero attached hydrogens (tertiary/aromatic N) is 2. The molecule has 14 N–H and O–H groups in total. The van der Waals surface area contributed by atoms with Crippen LogP contribution >= 0.6 is 0 Å². The molecule has 5 unspecified atom stereocenters. The van der Waals surface area contributed by atoms with Crippen LogP contribution in [-0.4, -0.2) is 92.6 Å². The van der Waals surface area contributed by atoms with Crippen molar-refractivity contribution in [2.75, 3.05) is 6.54 Å². The van der Waals surface area contributed by atoms with Crippen molar-refractivity contribution in [1.29, 1.82) is 0 Å². The lowest BCUT2D eigenvalue weighted by Gasteiger charge is -2.26. The molecule has 206 valence electrons. The minimum absolute atomic E-state index is 0.121. The number of aromatic nitrogens is 2. The van der Waals surface area contributed by atoms with E-state index in [4.69, 9.17) is 22.9 Å². The van der Waals surface area contributed by atoms with E-state index < -0.39 is 66.3 Å². The highest BCUT2D eigenvalue weighted by Gasteiger charge is 2.33. The lowest BCUT2D eigenvalue weighted by molar-refractivity contribution is -0.143. The molecule has 17 nitrogen and oxygen atoms in total. The van der Waals surface area contributed by atoms with Gasteiger partial charge in [-0.2, -0.15) is 0 Å². The largest absolute Gasteiger partial charge is 0.480 e. The number of aliphatic imine (C=N–C) groups is 1. The molecule has 0 saturated carbocycles. The summed E-state index contributed by atoms with van der Waals surface area (Å²) in [5, 5.41) is 26.2. The van der Waals surface area contributed by atoms with Gasteiger partial charge in [-0.15, -0.1) is 0 Å². The molecule has 37 heavy (non-hydrogen) atoms. The van der Waals surface area contributed by atoms with Gasteiger partial charge in [0.15, 0.2) is 5.96 Å². The molecule has 0 aliphatic carbocycles. The normalized spacial score (nSPS) is 14.8. The number of hydrogen-bond donors (Lipinski definition) is 10. The van der Waals surface area contributed by atoms with Crippen LogP contribution in [0.4, 0.5) is 0 Å². The van der Waals surface area contributed by atoms with Gasteiger partial charge in [0.05, 0.1) is 24.9 Å². The van der Waals surface area contributed by atoms with Crippen LogP contribution in [0, 0.1) is 0 Å². The fourth-order valence-electron chi connectivity index (χ4n) is 3.08. The van der Waals surface area contributed by atoms with Crippen molar-refractivity contribution in [3.63, 3.8) is 0 Å². The zero-order chi connectivity index (χ0) is 28.1. The number of rotatable bonds is 16. The molecular formula is C20H34N10O7. The molecule has 0 fully saturated rings. The summed E-state index contributed by atoms with van der Waals surface area (Å²) in [5.74, 6) is -5.26. The van der Waals surface area contributed by atoms with Gasteiger partial charge in [-0.25, -0.2) is 9.78 Å². The summed E-state index contributed by atoms with van der Waals surface area (Å²) in [6.45, 7) is 1.40. The summed E-state index contributed by atoms with van der Waals surface area (Å²) in [6.07, 6.45) is 0.948. The molecule has 1 heterocycles. The first-order valence-electron chi connectivity index (χ1n) is 11.2. The van der Waals surface area contributed by atoms with Crippen LogP contribution in [0.15, 0.2) is 17.5 Å². The van der Waals surface area contributed by atoms with Gasteiger partial charge in [0.2, 0.25) is 23.6 Å². The van der Waals surface area contributed by atoms with Gasteiger partial charge in [-0.3, -0.25) is 24.2 Å². The second kappa shape index (κ2) is 15.0. The first-order valence-corrected chi connectivity index (χ1v) is 11.2. The number of carbonyl (C=O) groups excluding carboxylic acids is 4. The van der Waals surface area contributed by atoms with E-state index in [1.807, 2.05) is 0 Å². The van der Waals surface area contributed by atoms with Gasteiger partial charge in [0.1, 0.15) is 18.1 Å². The second-order valence-electron chi connectivity index (χ2n) is 8.19. The van der Waals surface area contributed by atoms with Crippen LogP contribution in [0.25, 0.3) is 0 Å². The third-order valence-electron chi connectivity index (χ3n) is 5.00. The van der Waals surface area contributed by atoms with Crippen molar-refractivity contribution in [2.24, 2.45) is 27.9 Å². The third-order valence-corrected chi connectivity index (χ3v) is 5.00. The van der Waals surface area contributed by atoms with E-state index >= 15 is 0 Å². The number of aromatic amines is 1. The highest BCUT2D eigenvalue weighted by molar-refractivity contribution is 5.96. The van der Waals surface area contributed by atoms with E-state index in [9.17, 15) is 34.2 Å². The molecule has 4 amide bonds. The SMILES string of the molecule is CC(O)C(NC(=O)C(CC(N)=O)NC(=O)C(N)CCCN=C(N)N)C(=O)NC(Cc1cnc[nH]1)C(=O)O. The number of amides is 4. The summed E-state index contributed by atoms with van der Waals surface area (Å²) < 4.78 is 0. The minimum atomic E-state index is -1.63. The molecule has 17 heteroatoms. The molecule has 0 bridgehead atoms. The highest BCUT2D eigenvalue weighted by Crippen LogP contribution is 2.04. The second-order valence-corrected chi connectivity index (χ2v) is 8.19. The number of nitrogens with two attached hydrogens (primary N) is 4. The number of H-pyrrole nitrogens is 1. The molecule has 0 aliphatic rings. The number of primary amides is 1. The number of carbonyl (C=O) groups is 5. The summed E-state index contributed by atoms with van der Waals surface area (Å²) in [4.78, 5) is 71.3. The van der Waals surface area contributed by atoms with Gasteiger partial charge in [-0.1, -0.05) is 0 Å². The van der Waals surface area contributed by atoms with Crippen molar-refractivity contribution in [3.05, 3.63) is 18.2 Å². The summed E-state index contributed by atoms with van der Waals surface area (Å²) in [5.41, 5.74) is 21.9. The van der Waals surface area contributed by atoms with Crippen molar-refractivity contribution >= 4 is 35.6 Å². The van der Waals surface area contributed by atoms with Gasteiger partial charge in [0.25, 0.3) is 0 Å². The lowest BCUT2D eigenvalue weighted by atomic mass is 10.1. The number of aliphatic hydroxyl groups is 1. The molecule has 1 aromatic heterocycles. The van der Waals surface area contributed by atoms with Gasteiger partial charge in [-0.05, 0) is 19.8 Å². The van der Waals surface area contributed by atoms with E-state index in [0.717, 1.165) is 0 Å². The number of aliphatic carboxylic acids is 1. The Morgan fingerprint density at radius 1 is 1.05 bits per heavy atom. The Balaban J connectivity index is 2.87. The number of imidazole rings is 1. The van der Waals surface area contributed by atoms with Crippen LogP contribution in [-0.2, 0) is 30.4 Å². The fraction of sp³-hybridized carbons (Fsp3) is 0.550. The standard InChI is InChI=1S/C20H34N10O7/c1-9(31)15(18(35)29-13(19(36)37)5-10-7-25-8-27-10)30-17(34)12(6-14(22)32)28-16(33)11(21)3-2-4-26-20(23)24/h7-9,11-13,15,31H,2-6,21H2,1H3,(H2,22,32)(H,25,27)(H,28,33)(H,29,35)(H,30,34)(H,36,37)(H4,23,24,26). The summed E-state index contributed by atoms with van der Waals surface area (Å²) in [7, 11) is 0. The summed E-state index contributed by atoms with van der Waals surface area (Å²) >= 11 is 0. The van der Waals surface area contributed by atoms with E-state index in [2.05, 4.69) is 30.9 Å². The van der Waals surface area contributed by atoms with Gasteiger partial charge < -0.3 is 54.1 Å². The maximum atomic E-state index is 12.8. The molecule has 0 aromatic carbocycles. The van der Waals surface area contributed by atoms with Gasteiger partial charge in [0, 0.05) is 24.9 Å². The average molecular weight is 527 g/mol. The van der Waals surface area contributed by atoms with Crippen molar-refractivity contribution in [3.8, 4) is 0 Å². The first-order chi connectivity index (χ1) is 17.3. The monoisotopic (exact) mass is 526 g/mol. The zero-order valence-corrected chi connectivity index (χ0v) is 20.2. The molecule has 5 atom stereocenters. The Morgan fingerprint density at radius 2 is 1.70 bits per heavy atom. The number of guanidine groups is 1. The van der Waals surface area contributed by atoms with Crippen molar-refractivity contribution in [1.82, 2.24) is 25.9 Å². The lowest BCUT2D eigenvalue weighted by Crippen LogP contribution is -2.60. The van der Waals surface area contributed by atoms with Crippen LogP contribution in [0.3, 0.4) is 0 Å². The highest BCUT2D eigenvalue weighted by atomic mass is 16.4. The molecule has 0 radical (unpaired) electrons. The Kier molecular flexibility index (Phi) is 12.5. The number of nitrogens with one attached hydrogen (secondary N) is 4. The fourth-order valence-corrected chi connectivity index (χ4v) is 3.08. The van der Waals surface area contributed by atoms with Crippen LogP contribution < -0.4 is 38.9 Å². The third kappa shape index (κ3) is 11.4. The van der Waals surface area contributed by atoms with E-state index in [-0.39, 0.29) is 25.3 Å². The molecule has 1 aromatic rings. The van der Waals surface area contributed by atoms with Crippen LogP contribution in [0.2, 0.25) is 0 Å². The molecule has 0 aliphatic heterocycles. The number of carboxylic acid groups (broad SMARTS) is 1. The Morgan fingerprint density at radius 3 is 2.22 bits per heavy atom. The van der Waals surface area contributed by atoms with Gasteiger partial charge >= 0.3 is 5.97 Å². The zero-order valence-electron chi connectivity index (χ0n) is 20.2. The van der Waals surface area contributed by atoms with E-state index in [0.29, 0.717) is 12.1 Å². The van der Waals surface area contributed by atoms with E-state index in [1.165, 1.54) is 19.4 Å². The molecule has 0 saturated heterocycles. The topological polar surface area (TPSA) is 307 Å². The Hall–Kier alpha value is -4.25. The predicted octanol–water partition coefficient (Wildman–Crippen LogP) is -4.87.